The van der Waals surface area contributed by atoms with E-state index in [4.69, 9.17) is 0 Å². The Balaban J connectivity index is 1.42. The van der Waals surface area contributed by atoms with Crippen LogP contribution in [0.2, 0.25) is 0 Å². The van der Waals surface area contributed by atoms with E-state index in [9.17, 15) is 9.59 Å². The van der Waals surface area contributed by atoms with Gasteiger partial charge < -0.3 is 5.32 Å². The van der Waals surface area contributed by atoms with Crippen molar-refractivity contribution in [1.29, 1.82) is 0 Å². The van der Waals surface area contributed by atoms with E-state index >= 15 is 0 Å². The summed E-state index contributed by atoms with van der Waals surface area (Å²) in [5, 5.41) is 9.37. The zero-order valence-corrected chi connectivity index (χ0v) is 14.3. The highest BCUT2D eigenvalue weighted by Gasteiger charge is 2.04. The van der Waals surface area contributed by atoms with Crippen LogP contribution in [0.1, 0.15) is 28.8 Å². The van der Waals surface area contributed by atoms with Crippen molar-refractivity contribution in [3.8, 4) is 11.3 Å². The van der Waals surface area contributed by atoms with Crippen LogP contribution in [0.25, 0.3) is 11.3 Å². The number of H-pyrrole nitrogens is 1. The van der Waals surface area contributed by atoms with Crippen LogP contribution in [-0.2, 0) is 6.42 Å². The minimum absolute atomic E-state index is 0.0872. The minimum atomic E-state index is -0.207. The van der Waals surface area contributed by atoms with Crippen molar-refractivity contribution in [2.75, 3.05) is 6.54 Å². The van der Waals surface area contributed by atoms with E-state index in [0.717, 1.165) is 30.5 Å². The molecular weight excluding hydrogens is 328 g/mol. The molecule has 3 rings (SSSR count). The number of aromatic amines is 1. The van der Waals surface area contributed by atoms with Crippen LogP contribution in [0, 0.1) is 0 Å². The first-order chi connectivity index (χ1) is 12.7. The largest absolute Gasteiger partial charge is 0.352 e. The van der Waals surface area contributed by atoms with E-state index in [1.807, 2.05) is 12.1 Å². The number of aryl methyl sites for hydroxylation is 1. The fourth-order valence-electron chi connectivity index (χ4n) is 2.60. The number of aromatic nitrogens is 3. The molecule has 0 unspecified atom stereocenters. The van der Waals surface area contributed by atoms with Gasteiger partial charge in [0.25, 0.3) is 11.5 Å². The summed E-state index contributed by atoms with van der Waals surface area (Å²) in [7, 11) is 0. The highest BCUT2D eigenvalue weighted by molar-refractivity contribution is 5.93. The Labute approximate surface area is 151 Å². The van der Waals surface area contributed by atoms with Crippen LogP contribution in [0.15, 0.2) is 65.7 Å². The molecule has 0 saturated heterocycles. The summed E-state index contributed by atoms with van der Waals surface area (Å²) in [4.78, 5) is 26.9. The average Bonchev–Trinajstić information content (AvgIpc) is 2.69. The number of benzene rings is 1. The van der Waals surface area contributed by atoms with Crippen LogP contribution >= 0.6 is 0 Å². The number of carbonyl (C=O) groups excluding carboxylic acids is 1. The summed E-state index contributed by atoms with van der Waals surface area (Å²) >= 11 is 0. The Morgan fingerprint density at radius 2 is 1.88 bits per heavy atom. The highest BCUT2D eigenvalue weighted by atomic mass is 16.1. The maximum absolute atomic E-state index is 11.9. The third-order valence-corrected chi connectivity index (χ3v) is 4.03. The monoisotopic (exact) mass is 348 g/mol. The maximum Gasteiger partial charge on any atom is 0.264 e. The molecule has 0 bridgehead atoms. The second-order valence-electron chi connectivity index (χ2n) is 5.96. The SMILES string of the molecule is O=C(NCCCCc1ccc(-c2ccc(=O)[nH]n2)cc1)c1cccnc1. The predicted octanol–water partition coefficient (Wildman–Crippen LogP) is 2.58. The van der Waals surface area contributed by atoms with Crippen molar-refractivity contribution in [3.63, 3.8) is 0 Å². The molecule has 0 radical (unpaired) electrons. The second kappa shape index (κ2) is 8.71. The van der Waals surface area contributed by atoms with Crippen molar-refractivity contribution >= 4 is 5.91 Å². The van der Waals surface area contributed by atoms with E-state index in [1.54, 1.807) is 30.6 Å². The van der Waals surface area contributed by atoms with Crippen LogP contribution < -0.4 is 10.9 Å². The van der Waals surface area contributed by atoms with Crippen molar-refractivity contribution < 1.29 is 4.79 Å². The number of carbonyl (C=O) groups is 1. The van der Waals surface area contributed by atoms with E-state index in [-0.39, 0.29) is 11.5 Å². The molecule has 1 amide bonds. The smallest absolute Gasteiger partial charge is 0.264 e. The summed E-state index contributed by atoms with van der Waals surface area (Å²) in [6.45, 7) is 0.646. The molecule has 2 aromatic heterocycles. The lowest BCUT2D eigenvalue weighted by Gasteiger charge is -2.06. The molecule has 6 nitrogen and oxygen atoms in total. The zero-order valence-electron chi connectivity index (χ0n) is 14.3. The van der Waals surface area contributed by atoms with Crippen LogP contribution in [0.5, 0.6) is 0 Å². The fraction of sp³-hybridized carbons (Fsp3) is 0.200. The molecule has 0 saturated carbocycles. The van der Waals surface area contributed by atoms with E-state index < -0.39 is 0 Å². The molecule has 0 atom stereocenters. The van der Waals surface area contributed by atoms with Crippen LogP contribution in [-0.4, -0.2) is 27.6 Å². The number of amides is 1. The van der Waals surface area contributed by atoms with Crippen molar-refractivity contribution in [2.45, 2.75) is 19.3 Å². The number of rotatable bonds is 7. The first-order valence-corrected chi connectivity index (χ1v) is 8.56. The Kier molecular flexibility index (Phi) is 5.88. The summed E-state index contributed by atoms with van der Waals surface area (Å²) in [5.41, 5.74) is 3.32. The quantitative estimate of drug-likeness (QED) is 0.643. The molecule has 0 aliphatic heterocycles. The summed E-state index contributed by atoms with van der Waals surface area (Å²) in [6.07, 6.45) is 6.06. The molecule has 132 valence electrons. The van der Waals surface area contributed by atoms with Crippen molar-refractivity contribution in [3.05, 3.63) is 82.4 Å². The van der Waals surface area contributed by atoms with E-state index in [0.29, 0.717) is 12.1 Å². The zero-order chi connectivity index (χ0) is 18.2. The molecule has 26 heavy (non-hydrogen) atoms. The molecule has 0 fully saturated rings. The normalized spacial score (nSPS) is 10.5. The number of unbranched alkanes of at least 4 members (excludes halogenated alkanes) is 1. The van der Waals surface area contributed by atoms with Crippen molar-refractivity contribution in [1.82, 2.24) is 20.5 Å². The summed E-state index contributed by atoms with van der Waals surface area (Å²) in [5.74, 6) is -0.0872. The van der Waals surface area contributed by atoms with Gasteiger partial charge in [-0.1, -0.05) is 24.3 Å². The predicted molar refractivity (Wildman–Crippen MR) is 99.8 cm³/mol. The number of pyridine rings is 1. The van der Waals surface area contributed by atoms with Gasteiger partial charge in [0.1, 0.15) is 0 Å². The molecule has 1 aromatic carbocycles. The molecule has 0 aliphatic rings. The Morgan fingerprint density at radius 3 is 2.58 bits per heavy atom. The molecule has 0 spiro atoms. The topological polar surface area (TPSA) is 87.7 Å². The Bertz CT molecular complexity index is 885. The third kappa shape index (κ3) is 4.86. The molecule has 2 heterocycles. The Hall–Kier alpha value is -3.28. The van der Waals surface area contributed by atoms with Gasteiger partial charge >= 0.3 is 0 Å². The van der Waals surface area contributed by atoms with E-state index in [1.165, 1.54) is 11.6 Å². The van der Waals surface area contributed by atoms with Gasteiger partial charge in [0, 0.05) is 30.6 Å². The molecular formula is C20H20N4O2. The van der Waals surface area contributed by atoms with Gasteiger partial charge in [0.15, 0.2) is 0 Å². The van der Waals surface area contributed by atoms with Crippen molar-refractivity contribution in [2.24, 2.45) is 0 Å². The molecule has 2 N–H and O–H groups in total. The second-order valence-corrected chi connectivity index (χ2v) is 5.96. The standard InChI is InChI=1S/C20H20N4O2/c25-19-11-10-18(23-24-19)16-8-6-15(7-9-16)4-1-2-13-22-20(26)17-5-3-12-21-14-17/h3,5-12,14H,1-2,4,13H2,(H,22,26)(H,24,25). The fourth-order valence-corrected chi connectivity index (χ4v) is 2.60. The number of hydrogen-bond donors (Lipinski definition) is 2. The highest BCUT2D eigenvalue weighted by Crippen LogP contribution is 2.16. The number of nitrogens with one attached hydrogen (secondary N) is 2. The molecule has 6 heteroatoms. The van der Waals surface area contributed by atoms with E-state index in [2.05, 4.69) is 32.6 Å². The average molecular weight is 348 g/mol. The molecule has 0 aliphatic carbocycles. The lowest BCUT2D eigenvalue weighted by atomic mass is 10.0. The number of hydrogen-bond acceptors (Lipinski definition) is 4. The van der Waals surface area contributed by atoms with Gasteiger partial charge in [-0.15, -0.1) is 0 Å². The first kappa shape index (κ1) is 17.5. The van der Waals surface area contributed by atoms with Gasteiger partial charge in [-0.25, -0.2) is 5.10 Å². The summed E-state index contributed by atoms with van der Waals surface area (Å²) < 4.78 is 0. The summed E-state index contributed by atoms with van der Waals surface area (Å²) in [6, 6.07) is 14.8. The lowest BCUT2D eigenvalue weighted by Crippen LogP contribution is -2.24. The third-order valence-electron chi connectivity index (χ3n) is 4.03. The maximum atomic E-state index is 11.9. The first-order valence-electron chi connectivity index (χ1n) is 8.56. The van der Waals surface area contributed by atoms with Gasteiger partial charge in [-0.2, -0.15) is 5.10 Å². The Morgan fingerprint density at radius 1 is 1.04 bits per heavy atom. The van der Waals surface area contributed by atoms with Gasteiger partial charge in [0.05, 0.1) is 11.3 Å². The van der Waals surface area contributed by atoms with Crippen LogP contribution in [0.4, 0.5) is 0 Å². The molecule has 3 aromatic rings. The number of nitrogens with zero attached hydrogens (tertiary/aromatic N) is 2. The van der Waals surface area contributed by atoms with Gasteiger partial charge in [-0.05, 0) is 43.0 Å². The minimum Gasteiger partial charge on any atom is -0.352 e. The van der Waals surface area contributed by atoms with Gasteiger partial charge in [0.2, 0.25) is 0 Å². The van der Waals surface area contributed by atoms with Gasteiger partial charge in [-0.3, -0.25) is 14.6 Å². The van der Waals surface area contributed by atoms with Crippen LogP contribution in [0.3, 0.4) is 0 Å². The lowest BCUT2D eigenvalue weighted by molar-refractivity contribution is 0.0952.